The molecule has 1 saturated heterocycles. The fourth-order valence-electron chi connectivity index (χ4n) is 2.82. The summed E-state index contributed by atoms with van der Waals surface area (Å²) in [7, 11) is 0. The van der Waals surface area contributed by atoms with Gasteiger partial charge in [-0.2, -0.15) is 0 Å². The first-order chi connectivity index (χ1) is 7.93. The topological polar surface area (TPSA) is 12.0 Å². The Kier molecular flexibility index (Phi) is 3.20. The number of hydrogen-bond donors (Lipinski definition) is 1. The minimum Gasteiger partial charge on any atom is -0.316 e. The van der Waals surface area contributed by atoms with Crippen LogP contribution in [0, 0.1) is 5.92 Å². The van der Waals surface area contributed by atoms with E-state index in [-0.39, 0.29) is 0 Å². The van der Waals surface area contributed by atoms with Gasteiger partial charge >= 0.3 is 0 Å². The summed E-state index contributed by atoms with van der Waals surface area (Å²) in [6.07, 6.45) is 5.28. The highest BCUT2D eigenvalue weighted by molar-refractivity contribution is 7.99. The molecule has 0 spiro atoms. The Morgan fingerprint density at radius 2 is 2.38 bits per heavy atom. The number of hydrogen-bond acceptors (Lipinski definition) is 2. The van der Waals surface area contributed by atoms with E-state index in [0.29, 0.717) is 0 Å². The third-order valence-electron chi connectivity index (χ3n) is 3.69. The molecule has 1 aromatic carbocycles. The second kappa shape index (κ2) is 4.80. The molecule has 0 aliphatic carbocycles. The molecule has 2 aliphatic rings. The molecule has 0 saturated carbocycles. The van der Waals surface area contributed by atoms with Gasteiger partial charge in [0.1, 0.15) is 0 Å². The van der Waals surface area contributed by atoms with Gasteiger partial charge in [0.2, 0.25) is 0 Å². The third-order valence-corrected chi connectivity index (χ3v) is 4.99. The predicted molar refractivity (Wildman–Crippen MR) is 70.2 cm³/mol. The van der Waals surface area contributed by atoms with Gasteiger partial charge in [-0.05, 0) is 61.6 Å². The summed E-state index contributed by atoms with van der Waals surface area (Å²) in [5, 5.41) is 3.47. The van der Waals surface area contributed by atoms with Crippen LogP contribution in [-0.2, 0) is 12.8 Å². The number of fused-ring (bicyclic) bond motifs is 1. The van der Waals surface area contributed by atoms with Gasteiger partial charge in [0, 0.05) is 4.90 Å². The number of nitrogens with one attached hydrogen (secondary N) is 1. The average Bonchev–Trinajstić information content (AvgIpc) is 2.82. The fourth-order valence-corrected chi connectivity index (χ4v) is 4.00. The van der Waals surface area contributed by atoms with E-state index in [1.165, 1.54) is 44.5 Å². The van der Waals surface area contributed by atoms with Crippen LogP contribution in [0.4, 0.5) is 0 Å². The van der Waals surface area contributed by atoms with Crippen LogP contribution in [0.1, 0.15) is 24.0 Å². The molecule has 1 atom stereocenters. The first kappa shape index (κ1) is 10.7. The van der Waals surface area contributed by atoms with Crippen LogP contribution in [0.3, 0.4) is 0 Å². The highest BCUT2D eigenvalue weighted by Crippen LogP contribution is 2.34. The summed E-state index contributed by atoms with van der Waals surface area (Å²) < 4.78 is 0. The molecule has 2 heterocycles. The molecule has 1 fully saturated rings. The molecular weight excluding hydrogens is 214 g/mol. The van der Waals surface area contributed by atoms with Crippen molar-refractivity contribution in [1.82, 2.24) is 5.32 Å². The Morgan fingerprint density at radius 1 is 1.38 bits per heavy atom. The quantitative estimate of drug-likeness (QED) is 0.843. The van der Waals surface area contributed by atoms with E-state index in [1.54, 1.807) is 16.0 Å². The standard InChI is InChI=1S/C14H19NS/c1-3-12-5-2-8-16-14(12)13(4-1)9-11-6-7-15-10-11/h1,3-4,11,15H,2,5-10H2. The van der Waals surface area contributed by atoms with Crippen molar-refractivity contribution in [3.8, 4) is 0 Å². The van der Waals surface area contributed by atoms with Crippen molar-refractivity contribution in [2.75, 3.05) is 18.8 Å². The van der Waals surface area contributed by atoms with E-state index in [9.17, 15) is 0 Å². The Morgan fingerprint density at radius 3 is 3.25 bits per heavy atom. The summed E-state index contributed by atoms with van der Waals surface area (Å²) in [5.74, 6) is 2.18. The maximum Gasteiger partial charge on any atom is 0.0136 e. The molecule has 0 radical (unpaired) electrons. The van der Waals surface area contributed by atoms with Gasteiger partial charge < -0.3 is 5.32 Å². The van der Waals surface area contributed by atoms with Crippen LogP contribution in [0.15, 0.2) is 23.1 Å². The third kappa shape index (κ3) is 2.14. The van der Waals surface area contributed by atoms with Crippen LogP contribution < -0.4 is 5.32 Å². The van der Waals surface area contributed by atoms with Crippen LogP contribution in [0.25, 0.3) is 0 Å². The molecule has 2 heteroatoms. The first-order valence-electron chi connectivity index (χ1n) is 6.38. The minimum absolute atomic E-state index is 0.869. The van der Waals surface area contributed by atoms with Crippen molar-refractivity contribution in [2.45, 2.75) is 30.6 Å². The average molecular weight is 233 g/mol. The zero-order valence-electron chi connectivity index (χ0n) is 9.67. The molecular formula is C14H19NS. The van der Waals surface area contributed by atoms with Crippen molar-refractivity contribution in [3.05, 3.63) is 29.3 Å². The molecule has 1 nitrogen and oxygen atoms in total. The Balaban J connectivity index is 1.82. The van der Waals surface area contributed by atoms with Gasteiger partial charge in [-0.1, -0.05) is 18.2 Å². The second-order valence-electron chi connectivity index (χ2n) is 4.92. The van der Waals surface area contributed by atoms with Crippen LogP contribution in [-0.4, -0.2) is 18.8 Å². The predicted octanol–water partition coefficient (Wildman–Crippen LogP) is 2.88. The van der Waals surface area contributed by atoms with Crippen molar-refractivity contribution in [2.24, 2.45) is 5.92 Å². The van der Waals surface area contributed by atoms with Crippen molar-refractivity contribution in [3.63, 3.8) is 0 Å². The van der Waals surface area contributed by atoms with Crippen LogP contribution in [0.5, 0.6) is 0 Å². The molecule has 0 aromatic heterocycles. The molecule has 1 aromatic rings. The number of benzene rings is 1. The van der Waals surface area contributed by atoms with Crippen molar-refractivity contribution in [1.29, 1.82) is 0 Å². The summed E-state index contributed by atoms with van der Waals surface area (Å²) in [6, 6.07) is 6.91. The number of aryl methyl sites for hydroxylation is 1. The first-order valence-corrected chi connectivity index (χ1v) is 7.36. The molecule has 0 bridgehead atoms. The van der Waals surface area contributed by atoms with Gasteiger partial charge in [-0.3, -0.25) is 0 Å². The van der Waals surface area contributed by atoms with Gasteiger partial charge in [0.05, 0.1) is 0 Å². The highest BCUT2D eigenvalue weighted by Gasteiger charge is 2.19. The zero-order chi connectivity index (χ0) is 10.8. The SMILES string of the molecule is c1cc2c(c(CC3CCNC3)c1)SCCC2. The molecule has 2 aliphatic heterocycles. The molecule has 86 valence electrons. The monoisotopic (exact) mass is 233 g/mol. The lowest BCUT2D eigenvalue weighted by atomic mass is 9.96. The maximum atomic E-state index is 3.47. The Hall–Kier alpha value is -0.470. The maximum absolute atomic E-state index is 3.47. The molecule has 16 heavy (non-hydrogen) atoms. The lowest BCUT2D eigenvalue weighted by Crippen LogP contribution is -2.12. The summed E-state index contributed by atoms with van der Waals surface area (Å²) in [5.41, 5.74) is 3.20. The van der Waals surface area contributed by atoms with E-state index in [0.717, 1.165) is 5.92 Å². The molecule has 1 unspecified atom stereocenters. The lowest BCUT2D eigenvalue weighted by molar-refractivity contribution is 0.574. The molecule has 1 N–H and O–H groups in total. The largest absolute Gasteiger partial charge is 0.316 e. The van der Waals surface area contributed by atoms with E-state index in [1.807, 2.05) is 0 Å². The van der Waals surface area contributed by atoms with Gasteiger partial charge in [-0.25, -0.2) is 0 Å². The Labute approximate surface area is 102 Å². The summed E-state index contributed by atoms with van der Waals surface area (Å²) in [4.78, 5) is 1.61. The van der Waals surface area contributed by atoms with Crippen molar-refractivity contribution < 1.29 is 0 Å². The second-order valence-corrected chi connectivity index (χ2v) is 6.03. The minimum atomic E-state index is 0.869. The van der Waals surface area contributed by atoms with Crippen LogP contribution in [0.2, 0.25) is 0 Å². The molecule has 3 rings (SSSR count). The van der Waals surface area contributed by atoms with E-state index in [2.05, 4.69) is 35.3 Å². The summed E-state index contributed by atoms with van der Waals surface area (Å²) >= 11 is 2.08. The van der Waals surface area contributed by atoms with E-state index in [4.69, 9.17) is 0 Å². The number of thioether (sulfide) groups is 1. The highest BCUT2D eigenvalue weighted by atomic mass is 32.2. The smallest absolute Gasteiger partial charge is 0.0136 e. The van der Waals surface area contributed by atoms with E-state index < -0.39 is 0 Å². The zero-order valence-corrected chi connectivity index (χ0v) is 10.5. The van der Waals surface area contributed by atoms with Gasteiger partial charge in [0.25, 0.3) is 0 Å². The molecule has 0 amide bonds. The normalized spacial score (nSPS) is 24.4. The number of rotatable bonds is 2. The fraction of sp³-hybridized carbons (Fsp3) is 0.571. The van der Waals surface area contributed by atoms with Gasteiger partial charge in [-0.15, -0.1) is 11.8 Å². The van der Waals surface area contributed by atoms with E-state index >= 15 is 0 Å². The lowest BCUT2D eigenvalue weighted by Gasteiger charge is -2.20. The summed E-state index contributed by atoms with van der Waals surface area (Å²) in [6.45, 7) is 2.43. The Bertz CT molecular complexity index is 369. The van der Waals surface area contributed by atoms with Crippen molar-refractivity contribution >= 4 is 11.8 Å². The van der Waals surface area contributed by atoms with Crippen LogP contribution >= 0.6 is 11.8 Å². The van der Waals surface area contributed by atoms with Gasteiger partial charge in [0.15, 0.2) is 0 Å².